The summed E-state index contributed by atoms with van der Waals surface area (Å²) in [7, 11) is 0. The van der Waals surface area contributed by atoms with E-state index in [-0.39, 0.29) is 25.2 Å². The van der Waals surface area contributed by atoms with Crippen LogP contribution in [0.25, 0.3) is 0 Å². The van der Waals surface area contributed by atoms with Crippen LogP contribution in [0.2, 0.25) is 0 Å². The Bertz CT molecular complexity index is 247. The second kappa shape index (κ2) is 5.79. The predicted octanol–water partition coefficient (Wildman–Crippen LogP) is -1.03. The summed E-state index contributed by atoms with van der Waals surface area (Å²) in [5.41, 5.74) is 10.0. The fourth-order valence-electron chi connectivity index (χ4n) is 0.870. The van der Waals surface area contributed by atoms with Gasteiger partial charge in [-0.25, -0.2) is 9.79 Å². The van der Waals surface area contributed by atoms with Crippen LogP contribution in [0.3, 0.4) is 0 Å². The van der Waals surface area contributed by atoms with Gasteiger partial charge in [0.1, 0.15) is 0 Å². The third kappa shape index (κ3) is 5.81. The molecule has 0 heterocycles. The second-order valence-corrected chi connectivity index (χ2v) is 2.69. The minimum Gasteiger partial charge on any atom is -0.481 e. The van der Waals surface area contributed by atoms with E-state index in [1.807, 2.05) is 0 Å². The van der Waals surface area contributed by atoms with E-state index in [4.69, 9.17) is 21.7 Å². The van der Waals surface area contributed by atoms with Gasteiger partial charge < -0.3 is 21.7 Å². The predicted molar refractivity (Wildman–Crippen MR) is 48.7 cm³/mol. The van der Waals surface area contributed by atoms with Crippen molar-refractivity contribution < 1.29 is 19.8 Å². The van der Waals surface area contributed by atoms with Crippen LogP contribution in [0.1, 0.15) is 19.3 Å². The Morgan fingerprint density at radius 3 is 2.21 bits per heavy atom. The molecule has 7 heteroatoms. The number of nitrogens with two attached hydrogens (primary N) is 2. The molecule has 14 heavy (non-hydrogen) atoms. The van der Waals surface area contributed by atoms with Crippen LogP contribution in [0.5, 0.6) is 0 Å². The Morgan fingerprint density at radius 1 is 1.29 bits per heavy atom. The average molecular weight is 203 g/mol. The molecule has 80 valence electrons. The van der Waals surface area contributed by atoms with Gasteiger partial charge in [0.15, 0.2) is 12.0 Å². The molecular weight excluding hydrogens is 190 g/mol. The van der Waals surface area contributed by atoms with Crippen molar-refractivity contribution in [3.8, 4) is 0 Å². The third-order valence-electron chi connectivity index (χ3n) is 1.46. The largest absolute Gasteiger partial charge is 0.481 e. The molecule has 7 nitrogen and oxygen atoms in total. The van der Waals surface area contributed by atoms with Gasteiger partial charge in [0.25, 0.3) is 0 Å². The number of aliphatic carboxylic acids is 2. The smallest absolute Gasteiger partial charge is 0.328 e. The molecular formula is C7H13N3O4. The molecule has 0 radical (unpaired) electrons. The van der Waals surface area contributed by atoms with Gasteiger partial charge in [-0.15, -0.1) is 0 Å². The Balaban J connectivity index is 4.05. The van der Waals surface area contributed by atoms with Crippen molar-refractivity contribution in [1.82, 2.24) is 0 Å². The number of carboxylic acid groups (broad SMARTS) is 2. The van der Waals surface area contributed by atoms with E-state index in [1.165, 1.54) is 0 Å². The van der Waals surface area contributed by atoms with Crippen molar-refractivity contribution in [3.63, 3.8) is 0 Å². The lowest BCUT2D eigenvalue weighted by atomic mass is 10.1. The van der Waals surface area contributed by atoms with Crippen molar-refractivity contribution in [1.29, 1.82) is 0 Å². The highest BCUT2D eigenvalue weighted by Gasteiger charge is 2.16. The topological polar surface area (TPSA) is 139 Å². The Labute approximate surface area is 80.4 Å². The third-order valence-corrected chi connectivity index (χ3v) is 1.46. The highest BCUT2D eigenvalue weighted by atomic mass is 16.4. The summed E-state index contributed by atoms with van der Waals surface area (Å²) in [6, 6.07) is -1.06. The molecule has 1 atom stereocenters. The van der Waals surface area contributed by atoms with E-state index < -0.39 is 18.0 Å². The van der Waals surface area contributed by atoms with Crippen LogP contribution < -0.4 is 11.5 Å². The Hall–Kier alpha value is -1.79. The lowest BCUT2D eigenvalue weighted by Crippen LogP contribution is -2.29. The number of hydrogen-bond acceptors (Lipinski definition) is 3. The van der Waals surface area contributed by atoms with Crippen LogP contribution in [0.15, 0.2) is 4.99 Å². The minimum atomic E-state index is -1.16. The summed E-state index contributed by atoms with van der Waals surface area (Å²) in [4.78, 5) is 24.1. The van der Waals surface area contributed by atoms with Crippen LogP contribution in [0, 0.1) is 0 Å². The van der Waals surface area contributed by atoms with Crippen LogP contribution in [-0.4, -0.2) is 34.2 Å². The van der Waals surface area contributed by atoms with Gasteiger partial charge >= 0.3 is 11.9 Å². The first-order chi connectivity index (χ1) is 6.43. The normalized spacial score (nSPS) is 11.7. The molecule has 1 unspecified atom stereocenters. The van der Waals surface area contributed by atoms with E-state index in [1.54, 1.807) is 0 Å². The molecule has 0 amide bonds. The van der Waals surface area contributed by atoms with Crippen molar-refractivity contribution in [2.24, 2.45) is 16.5 Å². The molecule has 0 saturated heterocycles. The van der Waals surface area contributed by atoms with Crippen molar-refractivity contribution >= 4 is 17.9 Å². The Kier molecular flexibility index (Phi) is 5.05. The van der Waals surface area contributed by atoms with Gasteiger partial charge in [0.2, 0.25) is 0 Å². The molecule has 0 bridgehead atoms. The molecule has 0 aromatic rings. The summed E-state index contributed by atoms with van der Waals surface area (Å²) in [6.45, 7) is 0. The molecule has 0 rings (SSSR count). The number of guanidine groups is 1. The zero-order valence-electron chi connectivity index (χ0n) is 7.51. The van der Waals surface area contributed by atoms with Crippen LogP contribution >= 0.6 is 0 Å². The fourth-order valence-corrected chi connectivity index (χ4v) is 0.870. The number of carbonyl (C=O) groups is 2. The number of hydrogen-bond donors (Lipinski definition) is 4. The van der Waals surface area contributed by atoms with Gasteiger partial charge in [-0.1, -0.05) is 0 Å². The van der Waals surface area contributed by atoms with Crippen molar-refractivity contribution in [2.75, 3.05) is 0 Å². The first-order valence-corrected chi connectivity index (χ1v) is 3.97. The van der Waals surface area contributed by atoms with Gasteiger partial charge in [0, 0.05) is 6.42 Å². The molecule has 0 saturated carbocycles. The number of nitrogens with zero attached hydrogens (tertiary/aromatic N) is 1. The summed E-state index contributed by atoms with van der Waals surface area (Å²) in [6.07, 6.45) is 0.242. The average Bonchev–Trinajstić information content (AvgIpc) is 2.00. The lowest BCUT2D eigenvalue weighted by molar-refractivity contribution is -0.140. The number of carboxylic acids is 2. The maximum absolute atomic E-state index is 10.5. The van der Waals surface area contributed by atoms with E-state index in [2.05, 4.69) is 4.99 Å². The zero-order valence-corrected chi connectivity index (χ0v) is 7.51. The molecule has 0 aliphatic rings. The molecule has 0 fully saturated rings. The maximum Gasteiger partial charge on any atom is 0.328 e. The maximum atomic E-state index is 10.5. The van der Waals surface area contributed by atoms with E-state index in [0.717, 1.165) is 0 Å². The minimum absolute atomic E-state index is 0.0935. The van der Waals surface area contributed by atoms with Crippen LogP contribution in [0.4, 0.5) is 0 Å². The van der Waals surface area contributed by atoms with Gasteiger partial charge in [-0.05, 0) is 12.8 Å². The monoisotopic (exact) mass is 203 g/mol. The number of aliphatic imine (C=N–C) groups is 1. The number of rotatable bonds is 6. The van der Waals surface area contributed by atoms with Crippen LogP contribution in [-0.2, 0) is 9.59 Å². The van der Waals surface area contributed by atoms with E-state index in [0.29, 0.717) is 0 Å². The molecule has 0 aromatic heterocycles. The molecule has 0 spiro atoms. The lowest BCUT2D eigenvalue weighted by Gasteiger charge is -2.06. The Morgan fingerprint density at radius 2 is 1.86 bits per heavy atom. The molecule has 0 aliphatic heterocycles. The molecule has 6 N–H and O–H groups in total. The summed E-state index contributed by atoms with van der Waals surface area (Å²) in [5.74, 6) is -2.45. The standard InChI is InChI=1S/C7H13N3O4/c8-7(9)10-4(6(13)14)2-1-3-5(11)12/h4H,1-3H2,(H,11,12)(H,13,14)(H4,8,9,10). The van der Waals surface area contributed by atoms with Crippen molar-refractivity contribution in [2.45, 2.75) is 25.3 Å². The first kappa shape index (κ1) is 12.2. The first-order valence-electron chi connectivity index (χ1n) is 3.97. The second-order valence-electron chi connectivity index (χ2n) is 2.69. The van der Waals surface area contributed by atoms with E-state index in [9.17, 15) is 9.59 Å². The summed E-state index contributed by atoms with van der Waals surface area (Å²) >= 11 is 0. The highest BCUT2D eigenvalue weighted by molar-refractivity contribution is 5.81. The zero-order chi connectivity index (χ0) is 11.1. The van der Waals surface area contributed by atoms with Crippen molar-refractivity contribution in [3.05, 3.63) is 0 Å². The SMILES string of the molecule is NC(N)=NC(CCCC(=O)O)C(=O)O. The van der Waals surface area contributed by atoms with Gasteiger partial charge in [-0.3, -0.25) is 4.79 Å². The summed E-state index contributed by atoms with van der Waals surface area (Å²) in [5, 5.41) is 16.9. The quantitative estimate of drug-likeness (QED) is 0.321. The van der Waals surface area contributed by atoms with Gasteiger partial charge in [0.05, 0.1) is 0 Å². The fraction of sp³-hybridized carbons (Fsp3) is 0.571. The summed E-state index contributed by atoms with van der Waals surface area (Å²) < 4.78 is 0. The molecule has 0 aromatic carbocycles. The van der Waals surface area contributed by atoms with Gasteiger partial charge in [-0.2, -0.15) is 0 Å². The van der Waals surface area contributed by atoms with E-state index >= 15 is 0 Å². The molecule has 0 aliphatic carbocycles. The highest BCUT2D eigenvalue weighted by Crippen LogP contribution is 2.04.